The summed E-state index contributed by atoms with van der Waals surface area (Å²) in [6, 6.07) is -0.00870. The van der Waals surface area contributed by atoms with Crippen LogP contribution in [0.2, 0.25) is 0 Å². The Kier molecular flexibility index (Phi) is 3.92. The van der Waals surface area contributed by atoms with Crippen molar-refractivity contribution in [3.8, 4) is 0 Å². The van der Waals surface area contributed by atoms with Gasteiger partial charge in [-0.25, -0.2) is 13.1 Å². The normalized spacial score (nSPS) is 20.0. The van der Waals surface area contributed by atoms with E-state index in [1.165, 1.54) is 0 Å². The van der Waals surface area contributed by atoms with Crippen molar-refractivity contribution in [2.75, 3.05) is 6.54 Å². The van der Waals surface area contributed by atoms with Crippen LogP contribution in [0.5, 0.6) is 0 Å². The predicted molar refractivity (Wildman–Crippen MR) is 57.4 cm³/mol. The molecule has 0 aromatic carbocycles. The fourth-order valence-electron chi connectivity index (χ4n) is 1.39. The van der Waals surface area contributed by atoms with Gasteiger partial charge in [0, 0.05) is 6.04 Å². The van der Waals surface area contributed by atoms with Gasteiger partial charge in [0.2, 0.25) is 10.0 Å². The first-order chi connectivity index (χ1) is 6.47. The van der Waals surface area contributed by atoms with Gasteiger partial charge in [-0.05, 0) is 31.7 Å². The molecule has 14 heavy (non-hydrogen) atoms. The van der Waals surface area contributed by atoms with E-state index in [1.807, 2.05) is 13.8 Å². The lowest BCUT2D eigenvalue weighted by atomic mass is 10.0. The molecule has 1 saturated carbocycles. The molecule has 0 heterocycles. The minimum absolute atomic E-state index is 0.00870. The Morgan fingerprint density at radius 1 is 1.43 bits per heavy atom. The van der Waals surface area contributed by atoms with Crippen LogP contribution in [-0.4, -0.2) is 26.3 Å². The average molecular weight is 220 g/mol. The summed E-state index contributed by atoms with van der Waals surface area (Å²) in [5.41, 5.74) is 5.44. The number of hydrogen-bond acceptors (Lipinski definition) is 3. The van der Waals surface area contributed by atoms with E-state index in [9.17, 15) is 8.42 Å². The lowest BCUT2D eigenvalue weighted by Gasteiger charge is -2.21. The molecule has 1 atom stereocenters. The van der Waals surface area contributed by atoms with E-state index in [0.717, 1.165) is 12.8 Å². The van der Waals surface area contributed by atoms with E-state index < -0.39 is 10.0 Å². The van der Waals surface area contributed by atoms with Crippen LogP contribution in [0.1, 0.15) is 33.1 Å². The number of hydrogen-bond donors (Lipinski definition) is 2. The van der Waals surface area contributed by atoms with Crippen molar-refractivity contribution in [1.82, 2.24) is 4.72 Å². The molecular weight excluding hydrogens is 200 g/mol. The summed E-state index contributed by atoms with van der Waals surface area (Å²) < 4.78 is 26.0. The molecule has 0 aromatic rings. The smallest absolute Gasteiger partial charge is 0.214 e. The zero-order valence-corrected chi connectivity index (χ0v) is 9.68. The molecule has 0 aliphatic heterocycles. The van der Waals surface area contributed by atoms with Gasteiger partial charge >= 0.3 is 0 Å². The largest absolute Gasteiger partial charge is 0.330 e. The first kappa shape index (κ1) is 11.9. The highest BCUT2D eigenvalue weighted by molar-refractivity contribution is 7.90. The maximum atomic E-state index is 11.6. The second-order valence-corrected chi connectivity index (χ2v) is 6.28. The van der Waals surface area contributed by atoms with Crippen molar-refractivity contribution in [3.63, 3.8) is 0 Å². The maximum absolute atomic E-state index is 11.6. The van der Waals surface area contributed by atoms with Gasteiger partial charge in [0.1, 0.15) is 0 Å². The summed E-state index contributed by atoms with van der Waals surface area (Å²) in [7, 11) is -3.06. The molecule has 1 unspecified atom stereocenters. The third kappa shape index (κ3) is 3.22. The van der Waals surface area contributed by atoms with Gasteiger partial charge in [0.15, 0.2) is 0 Å². The van der Waals surface area contributed by atoms with E-state index >= 15 is 0 Å². The Hall–Kier alpha value is -0.130. The number of sulfonamides is 1. The summed E-state index contributed by atoms with van der Waals surface area (Å²) in [5.74, 6) is 0.298. The molecule has 1 rings (SSSR count). The zero-order chi connectivity index (χ0) is 10.8. The molecular formula is C9H20N2O2S. The highest BCUT2D eigenvalue weighted by Crippen LogP contribution is 2.28. The van der Waals surface area contributed by atoms with E-state index in [0.29, 0.717) is 18.9 Å². The SMILES string of the molecule is CC(C)C(CCN)NS(=O)(=O)C1CC1. The minimum Gasteiger partial charge on any atom is -0.330 e. The van der Waals surface area contributed by atoms with Crippen LogP contribution in [0, 0.1) is 5.92 Å². The third-order valence-electron chi connectivity index (χ3n) is 2.56. The molecule has 0 spiro atoms. The Balaban J connectivity index is 2.53. The van der Waals surface area contributed by atoms with E-state index in [-0.39, 0.29) is 11.3 Å². The Bertz CT molecular complexity index is 271. The summed E-state index contributed by atoms with van der Waals surface area (Å²) in [4.78, 5) is 0. The monoisotopic (exact) mass is 220 g/mol. The molecule has 5 heteroatoms. The van der Waals surface area contributed by atoms with Crippen LogP contribution in [0.15, 0.2) is 0 Å². The Morgan fingerprint density at radius 2 is 2.00 bits per heavy atom. The lowest BCUT2D eigenvalue weighted by Crippen LogP contribution is -2.41. The van der Waals surface area contributed by atoms with Gasteiger partial charge in [0.25, 0.3) is 0 Å². The van der Waals surface area contributed by atoms with Crippen LogP contribution in [-0.2, 0) is 10.0 Å². The van der Waals surface area contributed by atoms with Crippen molar-refractivity contribution in [1.29, 1.82) is 0 Å². The molecule has 1 aliphatic rings. The minimum atomic E-state index is -3.06. The lowest BCUT2D eigenvalue weighted by molar-refractivity contribution is 0.428. The molecule has 0 bridgehead atoms. The number of nitrogens with one attached hydrogen (secondary N) is 1. The summed E-state index contributed by atoms with van der Waals surface area (Å²) in [5, 5.41) is -0.137. The van der Waals surface area contributed by atoms with Gasteiger partial charge in [0.05, 0.1) is 5.25 Å². The molecule has 1 fully saturated rings. The molecule has 0 radical (unpaired) electrons. The first-order valence-electron chi connectivity index (χ1n) is 5.18. The van der Waals surface area contributed by atoms with Crippen molar-refractivity contribution >= 4 is 10.0 Å². The number of nitrogens with two attached hydrogens (primary N) is 1. The Morgan fingerprint density at radius 3 is 2.36 bits per heavy atom. The van der Waals surface area contributed by atoms with E-state index in [4.69, 9.17) is 5.73 Å². The standard InChI is InChI=1S/C9H20N2O2S/c1-7(2)9(5-6-10)11-14(12,13)8-3-4-8/h7-9,11H,3-6,10H2,1-2H3. The van der Waals surface area contributed by atoms with Crippen LogP contribution >= 0.6 is 0 Å². The highest BCUT2D eigenvalue weighted by Gasteiger charge is 2.37. The third-order valence-corrected chi connectivity index (χ3v) is 4.54. The predicted octanol–water partition coefficient (Wildman–Crippen LogP) is 0.442. The van der Waals surface area contributed by atoms with Gasteiger partial charge < -0.3 is 5.73 Å². The van der Waals surface area contributed by atoms with Crippen molar-refractivity contribution in [2.45, 2.75) is 44.4 Å². The number of rotatable bonds is 6. The van der Waals surface area contributed by atoms with Crippen LogP contribution in [0.3, 0.4) is 0 Å². The summed E-state index contributed by atoms with van der Waals surface area (Å²) >= 11 is 0. The molecule has 0 aromatic heterocycles. The molecule has 1 aliphatic carbocycles. The molecule has 0 amide bonds. The van der Waals surface area contributed by atoms with Crippen LogP contribution in [0.4, 0.5) is 0 Å². The van der Waals surface area contributed by atoms with Crippen LogP contribution < -0.4 is 10.5 Å². The van der Waals surface area contributed by atoms with Crippen molar-refractivity contribution < 1.29 is 8.42 Å². The quantitative estimate of drug-likeness (QED) is 0.682. The fraction of sp³-hybridized carbons (Fsp3) is 1.00. The molecule has 0 saturated heterocycles. The van der Waals surface area contributed by atoms with Gasteiger partial charge in [-0.15, -0.1) is 0 Å². The first-order valence-corrected chi connectivity index (χ1v) is 6.73. The zero-order valence-electron chi connectivity index (χ0n) is 8.86. The van der Waals surface area contributed by atoms with Crippen LogP contribution in [0.25, 0.3) is 0 Å². The second-order valence-electron chi connectivity index (χ2n) is 4.29. The van der Waals surface area contributed by atoms with Gasteiger partial charge in [-0.1, -0.05) is 13.8 Å². The van der Waals surface area contributed by atoms with E-state index in [1.54, 1.807) is 0 Å². The van der Waals surface area contributed by atoms with Gasteiger partial charge in [-0.3, -0.25) is 0 Å². The summed E-state index contributed by atoms with van der Waals surface area (Å²) in [6.45, 7) is 4.54. The topological polar surface area (TPSA) is 72.2 Å². The average Bonchev–Trinajstić information content (AvgIpc) is 2.84. The highest BCUT2D eigenvalue weighted by atomic mass is 32.2. The molecule has 84 valence electrons. The van der Waals surface area contributed by atoms with Gasteiger partial charge in [-0.2, -0.15) is 0 Å². The summed E-state index contributed by atoms with van der Waals surface area (Å²) in [6.07, 6.45) is 2.33. The van der Waals surface area contributed by atoms with Crippen molar-refractivity contribution in [2.24, 2.45) is 11.7 Å². The molecule has 3 N–H and O–H groups in total. The van der Waals surface area contributed by atoms with Crippen molar-refractivity contribution in [3.05, 3.63) is 0 Å². The maximum Gasteiger partial charge on any atom is 0.214 e. The fourth-order valence-corrected chi connectivity index (χ4v) is 3.15. The van der Waals surface area contributed by atoms with E-state index in [2.05, 4.69) is 4.72 Å². The molecule has 4 nitrogen and oxygen atoms in total. The second kappa shape index (κ2) is 4.59. The Labute approximate surface area is 86.3 Å².